The van der Waals surface area contributed by atoms with Crippen molar-refractivity contribution in [2.75, 3.05) is 13.1 Å². The summed E-state index contributed by atoms with van der Waals surface area (Å²) < 4.78 is 5.53. The van der Waals surface area contributed by atoms with Crippen molar-refractivity contribution in [3.05, 3.63) is 88.7 Å². The third kappa shape index (κ3) is 9.45. The normalized spacial score (nSPS) is 15.1. The molecule has 0 amide bonds. The molecule has 0 spiro atoms. The summed E-state index contributed by atoms with van der Waals surface area (Å²) in [6.07, 6.45) is 6.14. The van der Waals surface area contributed by atoms with Crippen molar-refractivity contribution in [3.8, 4) is 22.8 Å². The van der Waals surface area contributed by atoms with Crippen LogP contribution in [0.15, 0.2) is 71.5 Å². The number of likely N-dealkylation sites (tertiary alicyclic amines) is 1. The first kappa shape index (κ1) is 33.3. The van der Waals surface area contributed by atoms with Gasteiger partial charge in [-0.05, 0) is 100 Å². The van der Waals surface area contributed by atoms with E-state index in [0.717, 1.165) is 53.9 Å². The van der Waals surface area contributed by atoms with E-state index in [0.29, 0.717) is 41.9 Å². The number of nitrogens with zero attached hydrogens (tertiary/aromatic N) is 4. The number of hydrogen-bond acceptors (Lipinski definition) is 7. The van der Waals surface area contributed by atoms with Crippen LogP contribution in [0.4, 0.5) is 0 Å². The summed E-state index contributed by atoms with van der Waals surface area (Å²) in [6, 6.07) is 17.8. The van der Waals surface area contributed by atoms with E-state index in [1.165, 1.54) is 0 Å². The summed E-state index contributed by atoms with van der Waals surface area (Å²) in [4.78, 5) is 23.3. The second-order valence-corrected chi connectivity index (χ2v) is 13.7. The number of pyridine rings is 1. The van der Waals surface area contributed by atoms with E-state index in [-0.39, 0.29) is 5.54 Å². The van der Waals surface area contributed by atoms with Crippen LogP contribution in [0.1, 0.15) is 64.2 Å². The number of rotatable bonds is 9. The average molecular weight is 618 g/mol. The first-order valence-electron chi connectivity index (χ1n) is 15.2. The predicted molar refractivity (Wildman–Crippen MR) is 175 cm³/mol. The minimum atomic E-state index is -0.737. The van der Waals surface area contributed by atoms with Crippen LogP contribution >= 0.6 is 11.6 Å². The topological polar surface area (TPSA) is 118 Å². The van der Waals surface area contributed by atoms with Crippen LogP contribution in [0.3, 0.4) is 0 Å². The van der Waals surface area contributed by atoms with Gasteiger partial charge in [0.15, 0.2) is 0 Å². The third-order valence-corrected chi connectivity index (χ3v) is 7.86. The van der Waals surface area contributed by atoms with Crippen LogP contribution < -0.4 is 5.73 Å². The van der Waals surface area contributed by atoms with Gasteiger partial charge in [0.1, 0.15) is 0 Å². The number of aliphatic carboxylic acids is 1. The molecular weight excluding hydrogens is 574 g/mol. The van der Waals surface area contributed by atoms with E-state index in [1.54, 1.807) is 12.4 Å². The van der Waals surface area contributed by atoms with Gasteiger partial charge in [-0.1, -0.05) is 67.0 Å². The Morgan fingerprint density at radius 1 is 1.07 bits per heavy atom. The number of nitrogens with two attached hydrogens (primary N) is 1. The van der Waals surface area contributed by atoms with Crippen LogP contribution in [0.25, 0.3) is 22.8 Å². The van der Waals surface area contributed by atoms with Gasteiger partial charge in [-0.25, -0.2) is 0 Å². The Bertz CT molecular complexity index is 1500. The van der Waals surface area contributed by atoms with Crippen LogP contribution in [0.5, 0.6) is 0 Å². The highest BCUT2D eigenvalue weighted by atomic mass is 35.5. The molecular formula is C35H44ClN5O3. The summed E-state index contributed by atoms with van der Waals surface area (Å²) in [5.41, 5.74) is 9.53. The van der Waals surface area contributed by atoms with Crippen molar-refractivity contribution in [3.63, 3.8) is 0 Å². The molecule has 4 aromatic rings. The molecule has 9 heteroatoms. The Labute approximate surface area is 265 Å². The van der Waals surface area contributed by atoms with E-state index < -0.39 is 11.4 Å². The first-order valence-corrected chi connectivity index (χ1v) is 15.5. The number of carboxylic acid groups (broad SMARTS) is 1. The summed E-state index contributed by atoms with van der Waals surface area (Å²) >= 11 is 6.49. The summed E-state index contributed by atoms with van der Waals surface area (Å²) in [7, 11) is 0. The Kier molecular flexibility index (Phi) is 10.9. The van der Waals surface area contributed by atoms with Crippen LogP contribution in [-0.2, 0) is 24.2 Å². The molecule has 8 nitrogen and oxygen atoms in total. The molecule has 1 aliphatic rings. The van der Waals surface area contributed by atoms with E-state index >= 15 is 0 Å². The SMILES string of the molecule is CC(C)(C)N.CC(C)Cc1ccc(-c2nc(-c3ccc(CN4CCC(Cc5cccnc5)(C(=O)O)CC4)cc3)no2)cc1Cl. The second-order valence-electron chi connectivity index (χ2n) is 13.3. The number of halogens is 1. The average Bonchev–Trinajstić information content (AvgIpc) is 3.45. The quantitative estimate of drug-likeness (QED) is 0.201. The van der Waals surface area contributed by atoms with E-state index in [1.807, 2.05) is 63.2 Å². The Hall–Kier alpha value is -3.59. The van der Waals surface area contributed by atoms with E-state index in [2.05, 4.69) is 46.0 Å². The fourth-order valence-corrected chi connectivity index (χ4v) is 5.52. The van der Waals surface area contributed by atoms with Gasteiger partial charge in [0, 0.05) is 40.6 Å². The molecule has 1 saturated heterocycles. The monoisotopic (exact) mass is 617 g/mol. The molecule has 0 atom stereocenters. The number of carbonyl (C=O) groups is 1. The zero-order valence-electron chi connectivity index (χ0n) is 26.4. The summed E-state index contributed by atoms with van der Waals surface area (Å²) in [5, 5.41) is 14.9. The lowest BCUT2D eigenvalue weighted by Crippen LogP contribution is -2.45. The maximum absolute atomic E-state index is 12.2. The van der Waals surface area contributed by atoms with Gasteiger partial charge in [-0.2, -0.15) is 4.98 Å². The van der Waals surface area contributed by atoms with Gasteiger partial charge >= 0.3 is 5.97 Å². The number of piperidine rings is 1. The summed E-state index contributed by atoms with van der Waals surface area (Å²) in [5.74, 6) is 0.771. The van der Waals surface area contributed by atoms with Gasteiger partial charge < -0.3 is 15.4 Å². The molecule has 2 aromatic heterocycles. The highest BCUT2D eigenvalue weighted by molar-refractivity contribution is 6.31. The maximum Gasteiger partial charge on any atom is 0.310 e. The fourth-order valence-electron chi connectivity index (χ4n) is 5.26. The molecule has 0 aliphatic carbocycles. The van der Waals surface area contributed by atoms with Crippen LogP contribution in [0.2, 0.25) is 5.02 Å². The van der Waals surface area contributed by atoms with Crippen molar-refractivity contribution in [1.29, 1.82) is 0 Å². The highest BCUT2D eigenvalue weighted by Gasteiger charge is 2.41. The van der Waals surface area contributed by atoms with Crippen molar-refractivity contribution >= 4 is 17.6 Å². The molecule has 234 valence electrons. The van der Waals surface area contributed by atoms with Gasteiger partial charge in [-0.15, -0.1) is 0 Å². The predicted octanol–water partition coefficient (Wildman–Crippen LogP) is 7.30. The Balaban J connectivity index is 0.000000818. The smallest absolute Gasteiger partial charge is 0.310 e. The zero-order chi connectivity index (χ0) is 31.9. The lowest BCUT2D eigenvalue weighted by molar-refractivity contribution is -0.152. The minimum absolute atomic E-state index is 0. The molecule has 1 aliphatic heterocycles. The van der Waals surface area contributed by atoms with Crippen molar-refractivity contribution in [1.82, 2.24) is 20.0 Å². The molecule has 0 saturated carbocycles. The van der Waals surface area contributed by atoms with E-state index in [9.17, 15) is 9.90 Å². The molecule has 5 rings (SSSR count). The zero-order valence-corrected chi connectivity index (χ0v) is 27.1. The van der Waals surface area contributed by atoms with Crippen LogP contribution in [-0.4, -0.2) is 49.7 Å². The third-order valence-electron chi connectivity index (χ3n) is 7.50. The number of carboxylic acids is 1. The molecule has 3 N–H and O–H groups in total. The van der Waals surface area contributed by atoms with Gasteiger partial charge in [-0.3, -0.25) is 14.7 Å². The number of hydrogen-bond donors (Lipinski definition) is 2. The minimum Gasteiger partial charge on any atom is -0.481 e. The van der Waals surface area contributed by atoms with Crippen molar-refractivity contribution in [2.24, 2.45) is 17.1 Å². The van der Waals surface area contributed by atoms with Crippen molar-refractivity contribution in [2.45, 2.75) is 72.4 Å². The maximum atomic E-state index is 12.2. The van der Waals surface area contributed by atoms with Gasteiger partial charge in [0.25, 0.3) is 5.89 Å². The molecule has 0 radical (unpaired) electrons. The summed E-state index contributed by atoms with van der Waals surface area (Å²) in [6.45, 7) is 12.5. The lowest BCUT2D eigenvalue weighted by atomic mass is 9.74. The second kappa shape index (κ2) is 14.5. The molecule has 2 aromatic carbocycles. The molecule has 1 fully saturated rings. The lowest BCUT2D eigenvalue weighted by Gasteiger charge is -2.39. The van der Waals surface area contributed by atoms with E-state index in [4.69, 9.17) is 21.9 Å². The molecule has 0 unspecified atom stereocenters. The molecule has 44 heavy (non-hydrogen) atoms. The van der Waals surface area contributed by atoms with Crippen molar-refractivity contribution < 1.29 is 14.4 Å². The first-order chi connectivity index (χ1) is 20.8. The Morgan fingerprint density at radius 3 is 2.30 bits per heavy atom. The fraction of sp³-hybridized carbons (Fsp3) is 0.429. The highest BCUT2D eigenvalue weighted by Crippen LogP contribution is 2.36. The number of aromatic nitrogens is 3. The van der Waals surface area contributed by atoms with Crippen LogP contribution in [0, 0.1) is 11.3 Å². The van der Waals surface area contributed by atoms with Gasteiger partial charge in [0.2, 0.25) is 5.82 Å². The largest absolute Gasteiger partial charge is 0.481 e. The Morgan fingerprint density at radius 2 is 1.73 bits per heavy atom. The standard InChI is InChI=1S/C31H33ClN4O3.C4H11N/c1-21(2)16-25-9-10-26(17-27(25)32)29-34-28(35-39-29)24-7-5-22(6-8-24)20-36-14-11-31(12-15-36,30(37)38)18-23-4-3-13-33-19-23;1-4(2,3)5/h3-10,13,17,19,21H,11-12,14-16,18,20H2,1-2H3,(H,37,38);5H2,1-3H3. The number of benzene rings is 2. The molecule has 0 bridgehead atoms. The molecule has 3 heterocycles. The van der Waals surface area contributed by atoms with Gasteiger partial charge in [0.05, 0.1) is 5.41 Å².